The van der Waals surface area contributed by atoms with Crippen molar-refractivity contribution >= 4 is 24.2 Å². The molecular weight excluding hydrogens is 278 g/mol. The lowest BCUT2D eigenvalue weighted by atomic mass is 9.95. The zero-order valence-corrected chi connectivity index (χ0v) is 13.0. The van der Waals surface area contributed by atoms with Gasteiger partial charge in [0.2, 0.25) is 11.8 Å². The smallest absolute Gasteiger partial charge is 0.225 e. The van der Waals surface area contributed by atoms with Crippen molar-refractivity contribution in [1.29, 1.82) is 0 Å². The number of rotatable bonds is 3. The van der Waals surface area contributed by atoms with E-state index in [1.807, 2.05) is 0 Å². The van der Waals surface area contributed by atoms with Crippen LogP contribution in [-0.4, -0.2) is 42.4 Å². The zero-order valence-electron chi connectivity index (χ0n) is 12.1. The van der Waals surface area contributed by atoms with E-state index >= 15 is 0 Å². The molecule has 0 bridgehead atoms. The third-order valence-corrected chi connectivity index (χ3v) is 4.53. The van der Waals surface area contributed by atoms with Gasteiger partial charge >= 0.3 is 0 Å². The van der Waals surface area contributed by atoms with Crippen molar-refractivity contribution in [2.45, 2.75) is 45.1 Å². The van der Waals surface area contributed by atoms with Crippen LogP contribution in [0, 0.1) is 11.8 Å². The minimum absolute atomic E-state index is 0. The molecule has 2 aliphatic rings. The van der Waals surface area contributed by atoms with Gasteiger partial charge in [0.15, 0.2) is 0 Å². The standard InChI is InChI=1S/C14H25N3O2.ClH/c1-10(18)17-7-3-5-12(9-17)14(19)16-13-6-2-4-11(13)8-15;/h11-13H,2-9,15H2,1H3,(H,16,19);1H. The SMILES string of the molecule is CC(=O)N1CCCC(C(=O)NC2CCCC2CN)C1.Cl. The molecule has 1 aliphatic heterocycles. The van der Waals surface area contributed by atoms with E-state index < -0.39 is 0 Å². The number of nitrogens with zero attached hydrogens (tertiary/aromatic N) is 1. The average Bonchev–Trinajstić information content (AvgIpc) is 2.86. The molecule has 20 heavy (non-hydrogen) atoms. The summed E-state index contributed by atoms with van der Waals surface area (Å²) in [5.41, 5.74) is 5.74. The molecule has 1 heterocycles. The quantitative estimate of drug-likeness (QED) is 0.814. The van der Waals surface area contributed by atoms with Crippen molar-refractivity contribution in [1.82, 2.24) is 10.2 Å². The molecule has 0 aromatic heterocycles. The summed E-state index contributed by atoms with van der Waals surface area (Å²) in [6.45, 7) is 3.58. The summed E-state index contributed by atoms with van der Waals surface area (Å²) >= 11 is 0. The molecule has 3 unspecified atom stereocenters. The Hall–Kier alpha value is -0.810. The summed E-state index contributed by atoms with van der Waals surface area (Å²) < 4.78 is 0. The number of amides is 2. The van der Waals surface area contributed by atoms with Crippen molar-refractivity contribution < 1.29 is 9.59 Å². The first-order valence-corrected chi connectivity index (χ1v) is 7.37. The highest BCUT2D eigenvalue weighted by molar-refractivity contribution is 5.85. The average molecular weight is 304 g/mol. The lowest BCUT2D eigenvalue weighted by Gasteiger charge is -2.32. The second-order valence-corrected chi connectivity index (χ2v) is 5.85. The van der Waals surface area contributed by atoms with E-state index in [1.54, 1.807) is 11.8 Å². The van der Waals surface area contributed by atoms with E-state index in [0.29, 0.717) is 19.0 Å². The Bertz CT molecular complexity index is 351. The molecule has 116 valence electrons. The van der Waals surface area contributed by atoms with Gasteiger partial charge in [0.05, 0.1) is 5.92 Å². The van der Waals surface area contributed by atoms with E-state index in [9.17, 15) is 9.59 Å². The topological polar surface area (TPSA) is 75.4 Å². The number of nitrogens with one attached hydrogen (secondary N) is 1. The summed E-state index contributed by atoms with van der Waals surface area (Å²) in [5, 5.41) is 3.15. The Morgan fingerprint density at radius 2 is 2.00 bits per heavy atom. The first kappa shape index (κ1) is 17.2. The van der Waals surface area contributed by atoms with Gasteiger partial charge in [0.25, 0.3) is 0 Å². The van der Waals surface area contributed by atoms with Gasteiger partial charge in [-0.1, -0.05) is 6.42 Å². The maximum absolute atomic E-state index is 12.3. The third-order valence-electron chi connectivity index (χ3n) is 4.53. The normalized spacial score (nSPS) is 29.7. The molecule has 0 spiro atoms. The first-order chi connectivity index (χ1) is 9.11. The van der Waals surface area contributed by atoms with Crippen LogP contribution >= 0.6 is 12.4 Å². The molecule has 3 atom stereocenters. The molecule has 1 aliphatic carbocycles. The van der Waals surface area contributed by atoms with Crippen LogP contribution in [-0.2, 0) is 9.59 Å². The highest BCUT2D eigenvalue weighted by Crippen LogP contribution is 2.25. The Morgan fingerprint density at radius 3 is 2.65 bits per heavy atom. The van der Waals surface area contributed by atoms with Gasteiger partial charge in [-0.15, -0.1) is 12.4 Å². The van der Waals surface area contributed by atoms with Gasteiger partial charge in [-0.25, -0.2) is 0 Å². The van der Waals surface area contributed by atoms with Gasteiger partial charge in [0, 0.05) is 26.1 Å². The summed E-state index contributed by atoms with van der Waals surface area (Å²) in [5.74, 6) is 0.558. The van der Waals surface area contributed by atoms with Crippen LogP contribution in [0.3, 0.4) is 0 Å². The molecule has 0 radical (unpaired) electrons. The van der Waals surface area contributed by atoms with E-state index in [0.717, 1.165) is 38.6 Å². The number of piperidine rings is 1. The Morgan fingerprint density at radius 1 is 1.25 bits per heavy atom. The van der Waals surface area contributed by atoms with Crippen LogP contribution in [0.25, 0.3) is 0 Å². The van der Waals surface area contributed by atoms with Crippen LogP contribution in [0.2, 0.25) is 0 Å². The van der Waals surface area contributed by atoms with Gasteiger partial charge in [-0.05, 0) is 38.1 Å². The van der Waals surface area contributed by atoms with Gasteiger partial charge in [-0.2, -0.15) is 0 Å². The summed E-state index contributed by atoms with van der Waals surface area (Å²) in [6.07, 6.45) is 5.11. The fourth-order valence-electron chi connectivity index (χ4n) is 3.29. The molecule has 0 aromatic carbocycles. The van der Waals surface area contributed by atoms with Crippen LogP contribution in [0.15, 0.2) is 0 Å². The van der Waals surface area contributed by atoms with Crippen LogP contribution in [0.5, 0.6) is 0 Å². The molecular formula is C14H26ClN3O2. The first-order valence-electron chi connectivity index (χ1n) is 7.37. The van der Waals surface area contributed by atoms with Crippen LogP contribution in [0.1, 0.15) is 39.0 Å². The minimum Gasteiger partial charge on any atom is -0.353 e. The monoisotopic (exact) mass is 303 g/mol. The van der Waals surface area contributed by atoms with Gasteiger partial charge in [-0.3, -0.25) is 9.59 Å². The van der Waals surface area contributed by atoms with E-state index in [4.69, 9.17) is 5.73 Å². The van der Waals surface area contributed by atoms with E-state index in [2.05, 4.69) is 5.32 Å². The van der Waals surface area contributed by atoms with Crippen LogP contribution in [0.4, 0.5) is 0 Å². The highest BCUT2D eigenvalue weighted by atomic mass is 35.5. The predicted octanol–water partition coefficient (Wildman–Crippen LogP) is 0.910. The third kappa shape index (κ3) is 4.09. The fraction of sp³-hybridized carbons (Fsp3) is 0.857. The molecule has 2 fully saturated rings. The second kappa shape index (κ2) is 7.84. The Labute approximate surface area is 127 Å². The summed E-state index contributed by atoms with van der Waals surface area (Å²) in [4.78, 5) is 25.5. The predicted molar refractivity (Wildman–Crippen MR) is 80.6 cm³/mol. The van der Waals surface area contributed by atoms with Crippen molar-refractivity contribution in [2.75, 3.05) is 19.6 Å². The maximum atomic E-state index is 12.3. The van der Waals surface area contributed by atoms with Crippen molar-refractivity contribution in [3.05, 3.63) is 0 Å². The Kier molecular flexibility index (Phi) is 6.76. The molecule has 1 saturated heterocycles. The highest BCUT2D eigenvalue weighted by Gasteiger charge is 2.32. The molecule has 2 rings (SSSR count). The lowest BCUT2D eigenvalue weighted by molar-refractivity contribution is -0.134. The van der Waals surface area contributed by atoms with Gasteiger partial charge < -0.3 is 16.0 Å². The Balaban J connectivity index is 0.00000200. The number of hydrogen-bond acceptors (Lipinski definition) is 3. The van der Waals surface area contributed by atoms with Crippen molar-refractivity contribution in [3.63, 3.8) is 0 Å². The summed E-state index contributed by atoms with van der Waals surface area (Å²) in [7, 11) is 0. The van der Waals surface area contributed by atoms with Crippen LogP contribution < -0.4 is 11.1 Å². The second-order valence-electron chi connectivity index (χ2n) is 5.85. The van der Waals surface area contributed by atoms with Crippen molar-refractivity contribution in [3.8, 4) is 0 Å². The fourth-order valence-corrected chi connectivity index (χ4v) is 3.29. The number of likely N-dealkylation sites (tertiary alicyclic amines) is 1. The number of nitrogens with two attached hydrogens (primary N) is 1. The molecule has 3 N–H and O–H groups in total. The molecule has 2 amide bonds. The molecule has 5 nitrogen and oxygen atoms in total. The molecule has 1 saturated carbocycles. The largest absolute Gasteiger partial charge is 0.353 e. The number of hydrogen-bond donors (Lipinski definition) is 2. The van der Waals surface area contributed by atoms with E-state index in [-0.39, 0.29) is 36.2 Å². The molecule has 6 heteroatoms. The zero-order chi connectivity index (χ0) is 13.8. The van der Waals surface area contributed by atoms with Gasteiger partial charge in [0.1, 0.15) is 0 Å². The lowest BCUT2D eigenvalue weighted by Crippen LogP contribution is -2.48. The molecule has 0 aromatic rings. The number of carbonyl (C=O) groups is 2. The summed E-state index contributed by atoms with van der Waals surface area (Å²) in [6, 6.07) is 0.241. The van der Waals surface area contributed by atoms with E-state index in [1.165, 1.54) is 0 Å². The minimum atomic E-state index is -0.0447. The van der Waals surface area contributed by atoms with Crippen molar-refractivity contribution in [2.24, 2.45) is 17.6 Å². The maximum Gasteiger partial charge on any atom is 0.225 e. The number of carbonyl (C=O) groups excluding carboxylic acids is 2. The number of halogens is 1.